The fourth-order valence-corrected chi connectivity index (χ4v) is 3.11. The highest BCUT2D eigenvalue weighted by molar-refractivity contribution is 7.99. The molecule has 6 nitrogen and oxygen atoms in total. The van der Waals surface area contributed by atoms with Crippen LogP contribution in [0.4, 0.5) is 0 Å². The van der Waals surface area contributed by atoms with E-state index in [1.54, 1.807) is 28.6 Å². The van der Waals surface area contributed by atoms with Crippen LogP contribution in [0.25, 0.3) is 0 Å². The summed E-state index contributed by atoms with van der Waals surface area (Å²) >= 11 is 1.55. The number of aromatic nitrogens is 3. The van der Waals surface area contributed by atoms with E-state index in [0.29, 0.717) is 17.0 Å². The molecule has 2 aromatic rings. The van der Waals surface area contributed by atoms with E-state index in [0.717, 1.165) is 5.69 Å². The molecular formula is C14H14N4O2S. The van der Waals surface area contributed by atoms with Crippen LogP contribution in [0.3, 0.4) is 0 Å². The lowest BCUT2D eigenvalue weighted by atomic mass is 10.3. The molecular weight excluding hydrogens is 288 g/mol. The standard InChI is InChI=1S/C14H14N4O2S/c1-9-8-18-13(20)11(7-17-14(18)21-9)12(19)16-6-10-4-2-3-5-15-10/h2-5,7,9H,6,8H2,1H3,(H,16,19). The van der Waals surface area contributed by atoms with E-state index in [-0.39, 0.29) is 17.7 Å². The molecule has 1 unspecified atom stereocenters. The minimum Gasteiger partial charge on any atom is -0.346 e. The molecule has 2 aromatic heterocycles. The molecule has 3 heterocycles. The van der Waals surface area contributed by atoms with Crippen molar-refractivity contribution in [2.24, 2.45) is 0 Å². The van der Waals surface area contributed by atoms with Gasteiger partial charge >= 0.3 is 0 Å². The van der Waals surface area contributed by atoms with Gasteiger partial charge in [-0.2, -0.15) is 0 Å². The van der Waals surface area contributed by atoms with Crippen molar-refractivity contribution < 1.29 is 4.79 Å². The lowest BCUT2D eigenvalue weighted by Gasteiger charge is -2.06. The third-order valence-electron chi connectivity index (χ3n) is 3.16. The van der Waals surface area contributed by atoms with E-state index >= 15 is 0 Å². The Morgan fingerprint density at radius 3 is 3.10 bits per heavy atom. The van der Waals surface area contributed by atoms with Crippen molar-refractivity contribution in [1.82, 2.24) is 19.9 Å². The molecule has 1 aliphatic heterocycles. The van der Waals surface area contributed by atoms with Gasteiger partial charge in [-0.3, -0.25) is 19.1 Å². The van der Waals surface area contributed by atoms with Gasteiger partial charge < -0.3 is 5.32 Å². The SMILES string of the molecule is CC1Cn2c(ncc(C(=O)NCc3ccccn3)c2=O)S1. The normalized spacial score (nSPS) is 16.5. The number of amides is 1. The molecule has 1 amide bonds. The highest BCUT2D eigenvalue weighted by Gasteiger charge is 2.24. The first kappa shape index (κ1) is 13.8. The van der Waals surface area contributed by atoms with Crippen molar-refractivity contribution in [3.8, 4) is 0 Å². The number of pyridine rings is 1. The molecule has 1 N–H and O–H groups in total. The Kier molecular flexibility index (Phi) is 3.74. The molecule has 3 rings (SSSR count). The summed E-state index contributed by atoms with van der Waals surface area (Å²) in [5, 5.41) is 3.67. The Morgan fingerprint density at radius 1 is 1.48 bits per heavy atom. The zero-order chi connectivity index (χ0) is 14.8. The highest BCUT2D eigenvalue weighted by atomic mass is 32.2. The van der Waals surface area contributed by atoms with E-state index in [1.165, 1.54) is 6.20 Å². The maximum atomic E-state index is 12.3. The smallest absolute Gasteiger partial charge is 0.267 e. The lowest BCUT2D eigenvalue weighted by molar-refractivity contribution is 0.0947. The first-order chi connectivity index (χ1) is 10.1. The number of nitrogens with zero attached hydrogens (tertiary/aromatic N) is 3. The molecule has 21 heavy (non-hydrogen) atoms. The summed E-state index contributed by atoms with van der Waals surface area (Å²) in [6.45, 7) is 2.90. The molecule has 0 spiro atoms. The van der Waals surface area contributed by atoms with Crippen LogP contribution in [-0.2, 0) is 13.1 Å². The fraction of sp³-hybridized carbons (Fsp3) is 0.286. The quantitative estimate of drug-likeness (QED) is 0.858. The summed E-state index contributed by atoms with van der Waals surface area (Å²) in [6, 6.07) is 5.46. The van der Waals surface area contributed by atoms with Crippen LogP contribution in [0, 0.1) is 0 Å². The van der Waals surface area contributed by atoms with Gasteiger partial charge in [0.25, 0.3) is 11.5 Å². The number of rotatable bonds is 3. The van der Waals surface area contributed by atoms with E-state index in [2.05, 4.69) is 15.3 Å². The predicted octanol–water partition coefficient (Wildman–Crippen LogP) is 1.06. The average molecular weight is 302 g/mol. The number of nitrogens with one attached hydrogen (secondary N) is 1. The number of carbonyl (C=O) groups is 1. The molecule has 1 atom stereocenters. The second-order valence-electron chi connectivity index (χ2n) is 4.80. The van der Waals surface area contributed by atoms with Crippen LogP contribution < -0.4 is 10.9 Å². The molecule has 1 aliphatic rings. The van der Waals surface area contributed by atoms with Crippen LogP contribution in [-0.4, -0.2) is 25.7 Å². The van der Waals surface area contributed by atoms with E-state index in [9.17, 15) is 9.59 Å². The minimum absolute atomic E-state index is 0.0735. The minimum atomic E-state index is -0.419. The van der Waals surface area contributed by atoms with Gasteiger partial charge in [-0.25, -0.2) is 4.98 Å². The van der Waals surface area contributed by atoms with Gasteiger partial charge in [0.2, 0.25) is 0 Å². The summed E-state index contributed by atoms with van der Waals surface area (Å²) < 4.78 is 1.56. The van der Waals surface area contributed by atoms with Crippen LogP contribution in [0.5, 0.6) is 0 Å². The van der Waals surface area contributed by atoms with E-state index < -0.39 is 5.91 Å². The Labute approximate surface area is 125 Å². The van der Waals surface area contributed by atoms with Crippen molar-refractivity contribution in [2.45, 2.75) is 30.4 Å². The summed E-state index contributed by atoms with van der Waals surface area (Å²) in [5.74, 6) is -0.419. The Morgan fingerprint density at radius 2 is 2.33 bits per heavy atom. The van der Waals surface area contributed by atoms with Crippen molar-refractivity contribution in [2.75, 3.05) is 0 Å². The first-order valence-electron chi connectivity index (χ1n) is 6.60. The van der Waals surface area contributed by atoms with Gasteiger partial charge in [-0.15, -0.1) is 0 Å². The molecule has 7 heteroatoms. The van der Waals surface area contributed by atoms with Crippen LogP contribution in [0.15, 0.2) is 40.5 Å². The van der Waals surface area contributed by atoms with E-state index in [4.69, 9.17) is 0 Å². The number of thioether (sulfide) groups is 1. The summed E-state index contributed by atoms with van der Waals surface area (Å²) in [4.78, 5) is 32.7. The average Bonchev–Trinajstić information content (AvgIpc) is 2.88. The van der Waals surface area contributed by atoms with Gasteiger partial charge in [0.1, 0.15) is 5.56 Å². The second-order valence-corrected chi connectivity index (χ2v) is 6.21. The maximum absolute atomic E-state index is 12.3. The first-order valence-corrected chi connectivity index (χ1v) is 7.47. The van der Waals surface area contributed by atoms with Crippen LogP contribution in [0.2, 0.25) is 0 Å². The summed E-state index contributed by atoms with van der Waals surface area (Å²) in [6.07, 6.45) is 3.01. The molecule has 0 aliphatic carbocycles. The molecule has 0 bridgehead atoms. The van der Waals surface area contributed by atoms with Gasteiger partial charge in [-0.1, -0.05) is 24.8 Å². The Bertz CT molecular complexity index is 729. The summed E-state index contributed by atoms with van der Waals surface area (Å²) in [5.41, 5.74) is 0.531. The van der Waals surface area contributed by atoms with Gasteiger partial charge in [0.15, 0.2) is 5.16 Å². The number of fused-ring (bicyclic) bond motifs is 1. The zero-order valence-electron chi connectivity index (χ0n) is 11.4. The number of hydrogen-bond donors (Lipinski definition) is 1. The van der Waals surface area contributed by atoms with Crippen LogP contribution >= 0.6 is 11.8 Å². The largest absolute Gasteiger partial charge is 0.346 e. The molecule has 0 saturated carbocycles. The molecule has 0 aromatic carbocycles. The topological polar surface area (TPSA) is 76.9 Å². The number of hydrogen-bond acceptors (Lipinski definition) is 5. The monoisotopic (exact) mass is 302 g/mol. The molecule has 0 fully saturated rings. The van der Waals surface area contributed by atoms with Gasteiger partial charge in [0, 0.05) is 24.2 Å². The lowest BCUT2D eigenvalue weighted by Crippen LogP contribution is -2.33. The maximum Gasteiger partial charge on any atom is 0.267 e. The predicted molar refractivity (Wildman–Crippen MR) is 79.2 cm³/mol. The molecule has 108 valence electrons. The summed E-state index contributed by atoms with van der Waals surface area (Å²) in [7, 11) is 0. The van der Waals surface area contributed by atoms with Crippen molar-refractivity contribution in [3.63, 3.8) is 0 Å². The molecule has 0 saturated heterocycles. The van der Waals surface area contributed by atoms with Crippen molar-refractivity contribution in [1.29, 1.82) is 0 Å². The third-order valence-corrected chi connectivity index (χ3v) is 4.25. The fourth-order valence-electron chi connectivity index (χ4n) is 2.13. The van der Waals surface area contributed by atoms with Crippen LogP contribution in [0.1, 0.15) is 23.0 Å². The Hall–Kier alpha value is -2.15. The van der Waals surface area contributed by atoms with Crippen molar-refractivity contribution in [3.05, 3.63) is 52.2 Å². The second kappa shape index (κ2) is 5.69. The van der Waals surface area contributed by atoms with Gasteiger partial charge in [0.05, 0.1) is 12.2 Å². The zero-order valence-corrected chi connectivity index (χ0v) is 12.3. The highest BCUT2D eigenvalue weighted by Crippen LogP contribution is 2.27. The Balaban J connectivity index is 1.77. The van der Waals surface area contributed by atoms with Gasteiger partial charge in [-0.05, 0) is 12.1 Å². The molecule has 0 radical (unpaired) electrons. The third kappa shape index (κ3) is 2.82. The van der Waals surface area contributed by atoms with E-state index in [1.807, 2.05) is 19.1 Å². The number of carbonyl (C=O) groups excluding carboxylic acids is 1. The van der Waals surface area contributed by atoms with Crippen molar-refractivity contribution >= 4 is 17.7 Å².